The molecule has 0 amide bonds. The third kappa shape index (κ3) is 3.10. The number of phenols is 1. The Morgan fingerprint density at radius 3 is 2.80 bits per heavy atom. The van der Waals surface area contributed by atoms with Crippen molar-refractivity contribution in [2.24, 2.45) is 5.73 Å². The summed E-state index contributed by atoms with van der Waals surface area (Å²) in [7, 11) is 0. The maximum atomic E-state index is 10.4. The van der Waals surface area contributed by atoms with E-state index < -0.39 is 4.92 Å². The summed E-state index contributed by atoms with van der Waals surface area (Å²) in [4.78, 5) is 9.83. The number of hydrogen-bond donors (Lipinski definition) is 3. The number of hydrogen-bond acceptors (Lipinski definition) is 5. The van der Waals surface area contributed by atoms with Crippen molar-refractivity contribution in [3.05, 3.63) is 28.3 Å². The predicted octanol–water partition coefficient (Wildman–Crippen LogP) is 1.06. The quantitative estimate of drug-likeness (QED) is 0.292. The predicted molar refractivity (Wildman–Crippen MR) is 56.9 cm³/mol. The fourth-order valence-corrected chi connectivity index (χ4v) is 1.11. The molecule has 0 unspecified atom stereocenters. The van der Waals surface area contributed by atoms with E-state index in [-0.39, 0.29) is 11.4 Å². The molecule has 1 aromatic rings. The molecule has 15 heavy (non-hydrogen) atoms. The molecule has 4 N–H and O–H groups in total. The molecular formula is C9H13N3O3. The molecule has 0 radical (unpaired) electrons. The van der Waals surface area contributed by atoms with Crippen molar-refractivity contribution in [2.75, 3.05) is 18.4 Å². The second-order valence-corrected chi connectivity index (χ2v) is 3.03. The van der Waals surface area contributed by atoms with Gasteiger partial charge in [-0.05, 0) is 19.0 Å². The molecular weight excluding hydrogens is 198 g/mol. The zero-order valence-electron chi connectivity index (χ0n) is 8.14. The molecule has 0 fully saturated rings. The molecule has 6 heteroatoms. The first-order chi connectivity index (χ1) is 7.15. The Morgan fingerprint density at radius 1 is 1.53 bits per heavy atom. The molecule has 1 aromatic carbocycles. The van der Waals surface area contributed by atoms with E-state index in [0.717, 1.165) is 12.5 Å². The van der Waals surface area contributed by atoms with Crippen molar-refractivity contribution in [1.29, 1.82) is 0 Å². The molecule has 1 rings (SSSR count). The molecule has 0 bridgehead atoms. The van der Waals surface area contributed by atoms with E-state index in [2.05, 4.69) is 5.32 Å². The lowest BCUT2D eigenvalue weighted by atomic mass is 10.2. The molecule has 0 aliphatic carbocycles. The molecule has 82 valence electrons. The number of nitro benzene ring substituents is 1. The summed E-state index contributed by atoms with van der Waals surface area (Å²) < 4.78 is 0. The molecule has 0 aromatic heterocycles. The van der Waals surface area contributed by atoms with Gasteiger partial charge in [0.25, 0.3) is 5.69 Å². The zero-order valence-corrected chi connectivity index (χ0v) is 8.14. The number of nitrogens with two attached hydrogens (primary N) is 1. The Labute approximate surface area is 86.9 Å². The topological polar surface area (TPSA) is 101 Å². The van der Waals surface area contributed by atoms with Crippen LogP contribution in [0.2, 0.25) is 0 Å². The van der Waals surface area contributed by atoms with Gasteiger partial charge in [-0.15, -0.1) is 0 Å². The van der Waals surface area contributed by atoms with Gasteiger partial charge < -0.3 is 16.2 Å². The van der Waals surface area contributed by atoms with Crippen molar-refractivity contribution in [3.63, 3.8) is 0 Å². The van der Waals surface area contributed by atoms with Gasteiger partial charge in [-0.3, -0.25) is 10.1 Å². The summed E-state index contributed by atoms with van der Waals surface area (Å²) in [6.45, 7) is 1.18. The maximum absolute atomic E-state index is 10.4. The number of phenolic OH excluding ortho intramolecular Hbond substituents is 1. The summed E-state index contributed by atoms with van der Waals surface area (Å²) in [5.41, 5.74) is 5.66. The molecule has 0 saturated heterocycles. The average molecular weight is 211 g/mol. The first kappa shape index (κ1) is 11.3. The molecule has 0 atom stereocenters. The Kier molecular flexibility index (Phi) is 3.87. The highest BCUT2D eigenvalue weighted by molar-refractivity contribution is 5.59. The van der Waals surface area contributed by atoms with E-state index in [9.17, 15) is 15.2 Å². The number of benzene rings is 1. The summed E-state index contributed by atoms with van der Waals surface area (Å²) in [5, 5.41) is 22.8. The van der Waals surface area contributed by atoms with Crippen molar-refractivity contribution in [2.45, 2.75) is 6.42 Å². The van der Waals surface area contributed by atoms with Gasteiger partial charge in [0.15, 0.2) is 0 Å². The maximum Gasteiger partial charge on any atom is 0.273 e. The number of nitro groups is 1. The first-order valence-corrected chi connectivity index (χ1v) is 4.56. The zero-order chi connectivity index (χ0) is 11.3. The standard InChI is InChI=1S/C9H13N3O3/c10-4-1-5-11-8-3-2-7(12(14)15)6-9(8)13/h2-3,6,11,13H,1,4-5,10H2. The number of aromatic hydroxyl groups is 1. The lowest BCUT2D eigenvalue weighted by molar-refractivity contribution is -0.384. The Bertz CT molecular complexity index is 354. The van der Waals surface area contributed by atoms with E-state index in [4.69, 9.17) is 5.73 Å². The van der Waals surface area contributed by atoms with Crippen LogP contribution in [-0.2, 0) is 0 Å². The number of nitrogens with zero attached hydrogens (tertiary/aromatic N) is 1. The van der Waals surface area contributed by atoms with Gasteiger partial charge in [0.2, 0.25) is 0 Å². The van der Waals surface area contributed by atoms with Gasteiger partial charge in [-0.25, -0.2) is 0 Å². The van der Waals surface area contributed by atoms with E-state index in [0.29, 0.717) is 18.8 Å². The van der Waals surface area contributed by atoms with E-state index >= 15 is 0 Å². The van der Waals surface area contributed by atoms with Crippen molar-refractivity contribution in [3.8, 4) is 5.75 Å². The average Bonchev–Trinajstić information content (AvgIpc) is 2.20. The van der Waals surface area contributed by atoms with Crippen molar-refractivity contribution in [1.82, 2.24) is 0 Å². The van der Waals surface area contributed by atoms with Gasteiger partial charge in [0.05, 0.1) is 16.7 Å². The highest BCUT2D eigenvalue weighted by atomic mass is 16.6. The van der Waals surface area contributed by atoms with Crippen LogP contribution in [0.15, 0.2) is 18.2 Å². The van der Waals surface area contributed by atoms with Crippen LogP contribution in [0.25, 0.3) is 0 Å². The van der Waals surface area contributed by atoms with Crippen LogP contribution < -0.4 is 11.1 Å². The van der Waals surface area contributed by atoms with Crippen LogP contribution in [0.4, 0.5) is 11.4 Å². The lowest BCUT2D eigenvalue weighted by Crippen LogP contribution is -2.08. The van der Waals surface area contributed by atoms with Crippen LogP contribution in [0.3, 0.4) is 0 Å². The van der Waals surface area contributed by atoms with Crippen LogP contribution in [0.1, 0.15) is 6.42 Å². The van der Waals surface area contributed by atoms with Crippen LogP contribution >= 0.6 is 0 Å². The van der Waals surface area contributed by atoms with E-state index in [1.54, 1.807) is 0 Å². The normalized spacial score (nSPS) is 9.93. The first-order valence-electron chi connectivity index (χ1n) is 4.56. The molecule has 6 nitrogen and oxygen atoms in total. The second kappa shape index (κ2) is 5.16. The number of anilines is 1. The number of rotatable bonds is 5. The molecule has 0 saturated carbocycles. The number of non-ortho nitro benzene ring substituents is 1. The Hall–Kier alpha value is -1.82. The molecule has 0 aliphatic rings. The molecule has 0 spiro atoms. The van der Waals surface area contributed by atoms with Crippen molar-refractivity contribution < 1.29 is 10.0 Å². The monoisotopic (exact) mass is 211 g/mol. The third-order valence-electron chi connectivity index (χ3n) is 1.89. The summed E-state index contributed by atoms with van der Waals surface area (Å²) in [5.74, 6) is -0.124. The van der Waals surface area contributed by atoms with Crippen LogP contribution in [0, 0.1) is 10.1 Å². The van der Waals surface area contributed by atoms with E-state index in [1.165, 1.54) is 12.1 Å². The second-order valence-electron chi connectivity index (χ2n) is 3.03. The Morgan fingerprint density at radius 2 is 2.27 bits per heavy atom. The summed E-state index contributed by atoms with van der Waals surface area (Å²) in [6.07, 6.45) is 0.774. The van der Waals surface area contributed by atoms with Gasteiger partial charge >= 0.3 is 0 Å². The highest BCUT2D eigenvalue weighted by Gasteiger charge is 2.09. The van der Waals surface area contributed by atoms with Crippen LogP contribution in [0.5, 0.6) is 5.75 Å². The summed E-state index contributed by atoms with van der Waals surface area (Å²) >= 11 is 0. The Balaban J connectivity index is 2.70. The van der Waals surface area contributed by atoms with Crippen LogP contribution in [-0.4, -0.2) is 23.1 Å². The smallest absolute Gasteiger partial charge is 0.273 e. The summed E-state index contributed by atoms with van der Waals surface area (Å²) in [6, 6.07) is 3.93. The van der Waals surface area contributed by atoms with Crippen molar-refractivity contribution >= 4 is 11.4 Å². The van der Waals surface area contributed by atoms with Gasteiger partial charge in [-0.2, -0.15) is 0 Å². The fraction of sp³-hybridized carbons (Fsp3) is 0.333. The van der Waals surface area contributed by atoms with Gasteiger partial charge in [0, 0.05) is 12.6 Å². The molecule has 0 heterocycles. The fourth-order valence-electron chi connectivity index (χ4n) is 1.11. The number of nitrogens with one attached hydrogen (secondary N) is 1. The SMILES string of the molecule is NCCCNc1ccc([N+](=O)[O-])cc1O. The van der Waals surface area contributed by atoms with Gasteiger partial charge in [-0.1, -0.05) is 0 Å². The molecule has 0 aliphatic heterocycles. The third-order valence-corrected chi connectivity index (χ3v) is 1.89. The minimum absolute atomic E-state index is 0.124. The minimum atomic E-state index is -0.552. The lowest BCUT2D eigenvalue weighted by Gasteiger charge is -2.06. The van der Waals surface area contributed by atoms with E-state index in [1.807, 2.05) is 0 Å². The van der Waals surface area contributed by atoms with Gasteiger partial charge in [0.1, 0.15) is 5.75 Å². The highest BCUT2D eigenvalue weighted by Crippen LogP contribution is 2.27. The largest absolute Gasteiger partial charge is 0.506 e. The minimum Gasteiger partial charge on any atom is -0.506 e.